The van der Waals surface area contributed by atoms with E-state index in [0.29, 0.717) is 5.92 Å². The van der Waals surface area contributed by atoms with Gasteiger partial charge in [0.15, 0.2) is 12.1 Å². The van der Waals surface area contributed by atoms with Crippen LogP contribution >= 0.6 is 0 Å². The molecular formula is C16H20N2O3. The van der Waals surface area contributed by atoms with E-state index in [4.69, 9.17) is 4.74 Å². The van der Waals surface area contributed by atoms with Gasteiger partial charge in [-0.2, -0.15) is 0 Å². The van der Waals surface area contributed by atoms with E-state index in [1.54, 1.807) is 0 Å². The first kappa shape index (κ1) is 13.9. The maximum Gasteiger partial charge on any atom is 0.408 e. The van der Waals surface area contributed by atoms with E-state index < -0.39 is 18.2 Å². The average molecular weight is 288 g/mol. The Morgan fingerprint density at radius 1 is 1.24 bits per heavy atom. The van der Waals surface area contributed by atoms with Gasteiger partial charge in [0.05, 0.1) is 0 Å². The van der Waals surface area contributed by atoms with Crippen LogP contribution in [0.2, 0.25) is 0 Å². The molecule has 3 rings (SSSR count). The highest BCUT2D eigenvalue weighted by Gasteiger charge is 2.42. The number of nitrogens with one attached hydrogen (secondary N) is 1. The summed E-state index contributed by atoms with van der Waals surface area (Å²) in [6.45, 7) is 3.72. The maximum atomic E-state index is 12.7. The van der Waals surface area contributed by atoms with Crippen molar-refractivity contribution < 1.29 is 14.3 Å². The van der Waals surface area contributed by atoms with E-state index in [2.05, 4.69) is 12.2 Å². The van der Waals surface area contributed by atoms with Crippen molar-refractivity contribution in [3.8, 4) is 0 Å². The van der Waals surface area contributed by atoms with Crippen LogP contribution in [0.25, 0.3) is 0 Å². The third kappa shape index (κ3) is 2.86. The summed E-state index contributed by atoms with van der Waals surface area (Å²) in [5.74, 6) is 0.620. The molecule has 0 bridgehead atoms. The monoisotopic (exact) mass is 288 g/mol. The van der Waals surface area contributed by atoms with E-state index in [-0.39, 0.29) is 5.91 Å². The summed E-state index contributed by atoms with van der Waals surface area (Å²) in [6.07, 6.45) is 0.977. The molecule has 2 heterocycles. The quantitative estimate of drug-likeness (QED) is 0.906. The van der Waals surface area contributed by atoms with Crippen molar-refractivity contribution in [2.75, 3.05) is 13.1 Å². The second-order valence-electron chi connectivity index (χ2n) is 5.87. The molecule has 2 fully saturated rings. The molecule has 2 aliphatic heterocycles. The zero-order valence-electron chi connectivity index (χ0n) is 12.1. The fourth-order valence-electron chi connectivity index (χ4n) is 2.94. The first-order chi connectivity index (χ1) is 10.1. The van der Waals surface area contributed by atoms with Gasteiger partial charge in [0.2, 0.25) is 5.91 Å². The number of carbonyl (C=O) groups excluding carboxylic acids is 2. The van der Waals surface area contributed by atoms with Gasteiger partial charge in [-0.05, 0) is 24.3 Å². The Morgan fingerprint density at radius 3 is 2.57 bits per heavy atom. The van der Waals surface area contributed by atoms with Crippen molar-refractivity contribution in [3.63, 3.8) is 0 Å². The van der Waals surface area contributed by atoms with Gasteiger partial charge >= 0.3 is 6.09 Å². The van der Waals surface area contributed by atoms with Gasteiger partial charge < -0.3 is 15.0 Å². The number of ether oxygens (including phenoxy) is 1. The summed E-state index contributed by atoms with van der Waals surface area (Å²) in [7, 11) is 0. The lowest BCUT2D eigenvalue weighted by atomic mass is 9.97. The zero-order valence-corrected chi connectivity index (χ0v) is 12.1. The number of benzene rings is 1. The van der Waals surface area contributed by atoms with Crippen LogP contribution in [-0.4, -0.2) is 36.0 Å². The van der Waals surface area contributed by atoms with Gasteiger partial charge in [0.25, 0.3) is 0 Å². The molecule has 2 aliphatic rings. The third-order valence-corrected chi connectivity index (χ3v) is 4.30. The van der Waals surface area contributed by atoms with E-state index in [1.807, 2.05) is 35.2 Å². The lowest BCUT2D eigenvalue weighted by molar-refractivity contribution is -0.135. The highest BCUT2D eigenvalue weighted by molar-refractivity contribution is 5.89. The average Bonchev–Trinajstić information content (AvgIpc) is 2.90. The van der Waals surface area contributed by atoms with Crippen LogP contribution < -0.4 is 5.32 Å². The van der Waals surface area contributed by atoms with Crippen LogP contribution in [-0.2, 0) is 9.53 Å². The smallest absolute Gasteiger partial charge is 0.408 e. The summed E-state index contributed by atoms with van der Waals surface area (Å²) >= 11 is 0. The van der Waals surface area contributed by atoms with Crippen molar-refractivity contribution in [1.82, 2.24) is 10.2 Å². The predicted molar refractivity (Wildman–Crippen MR) is 77.6 cm³/mol. The number of likely N-dealkylation sites (tertiary alicyclic amines) is 1. The van der Waals surface area contributed by atoms with Gasteiger partial charge in [-0.25, -0.2) is 4.79 Å². The SMILES string of the molecule is CC1CCN(C(=O)C2NC(=O)OC2c2ccccc2)CC1. The number of amides is 2. The minimum Gasteiger partial charge on any atom is -0.439 e. The molecule has 0 saturated carbocycles. The van der Waals surface area contributed by atoms with Crippen molar-refractivity contribution in [3.05, 3.63) is 35.9 Å². The van der Waals surface area contributed by atoms with Crippen molar-refractivity contribution in [1.29, 1.82) is 0 Å². The number of piperidine rings is 1. The van der Waals surface area contributed by atoms with Crippen molar-refractivity contribution in [2.45, 2.75) is 31.9 Å². The molecular weight excluding hydrogens is 268 g/mol. The maximum absolute atomic E-state index is 12.7. The van der Waals surface area contributed by atoms with E-state index in [1.165, 1.54) is 0 Å². The lowest BCUT2D eigenvalue weighted by Gasteiger charge is -2.32. The van der Waals surface area contributed by atoms with Crippen LogP contribution in [0.1, 0.15) is 31.4 Å². The minimum atomic E-state index is -0.617. The minimum absolute atomic E-state index is 0.0402. The third-order valence-electron chi connectivity index (χ3n) is 4.30. The highest BCUT2D eigenvalue weighted by Crippen LogP contribution is 2.28. The number of carbonyl (C=O) groups is 2. The molecule has 0 radical (unpaired) electrons. The predicted octanol–water partition coefficient (Wildman–Crippen LogP) is 2.09. The van der Waals surface area contributed by atoms with Crippen LogP contribution in [0, 0.1) is 5.92 Å². The standard InChI is InChI=1S/C16H20N2O3/c1-11-7-9-18(10-8-11)15(19)13-14(21-16(20)17-13)12-5-3-2-4-6-12/h2-6,11,13-14H,7-10H2,1H3,(H,17,20). The molecule has 1 N–H and O–H groups in total. The second-order valence-corrected chi connectivity index (χ2v) is 5.87. The Hall–Kier alpha value is -2.04. The van der Waals surface area contributed by atoms with Crippen LogP contribution in [0.3, 0.4) is 0 Å². The number of alkyl carbamates (subject to hydrolysis) is 1. The number of cyclic esters (lactones) is 1. The summed E-state index contributed by atoms with van der Waals surface area (Å²) in [6, 6.07) is 8.80. The Morgan fingerprint density at radius 2 is 1.90 bits per heavy atom. The van der Waals surface area contributed by atoms with E-state index in [9.17, 15) is 9.59 Å². The van der Waals surface area contributed by atoms with Gasteiger partial charge in [0, 0.05) is 13.1 Å². The molecule has 112 valence electrons. The Labute approximate surface area is 124 Å². The van der Waals surface area contributed by atoms with E-state index in [0.717, 1.165) is 31.5 Å². The van der Waals surface area contributed by atoms with Gasteiger partial charge in [0.1, 0.15) is 0 Å². The Bertz CT molecular complexity index is 524. The Kier molecular flexibility index (Phi) is 3.82. The van der Waals surface area contributed by atoms with Crippen LogP contribution in [0.5, 0.6) is 0 Å². The number of hydrogen-bond acceptors (Lipinski definition) is 3. The highest BCUT2D eigenvalue weighted by atomic mass is 16.6. The van der Waals surface area contributed by atoms with Crippen LogP contribution in [0.4, 0.5) is 4.79 Å². The zero-order chi connectivity index (χ0) is 14.8. The molecule has 2 unspecified atom stereocenters. The lowest BCUT2D eigenvalue weighted by Crippen LogP contribution is -2.48. The summed E-state index contributed by atoms with van der Waals surface area (Å²) in [5.41, 5.74) is 0.847. The molecule has 0 spiro atoms. The number of hydrogen-bond donors (Lipinski definition) is 1. The Balaban J connectivity index is 1.76. The molecule has 5 nitrogen and oxygen atoms in total. The van der Waals surface area contributed by atoms with Crippen molar-refractivity contribution in [2.24, 2.45) is 5.92 Å². The normalized spacial score (nSPS) is 26.3. The van der Waals surface area contributed by atoms with Crippen LogP contribution in [0.15, 0.2) is 30.3 Å². The molecule has 21 heavy (non-hydrogen) atoms. The first-order valence-corrected chi connectivity index (χ1v) is 7.46. The summed E-state index contributed by atoms with van der Waals surface area (Å²) in [4.78, 5) is 26.1. The fraction of sp³-hybridized carbons (Fsp3) is 0.500. The topological polar surface area (TPSA) is 58.6 Å². The van der Waals surface area contributed by atoms with Crippen molar-refractivity contribution >= 4 is 12.0 Å². The largest absolute Gasteiger partial charge is 0.439 e. The van der Waals surface area contributed by atoms with E-state index >= 15 is 0 Å². The molecule has 0 aromatic heterocycles. The second kappa shape index (κ2) is 5.76. The molecule has 0 aliphatic carbocycles. The fourth-order valence-corrected chi connectivity index (χ4v) is 2.94. The molecule has 1 aromatic carbocycles. The first-order valence-electron chi connectivity index (χ1n) is 7.46. The molecule has 5 heteroatoms. The molecule has 2 atom stereocenters. The van der Waals surface area contributed by atoms with Gasteiger partial charge in [-0.1, -0.05) is 37.3 Å². The van der Waals surface area contributed by atoms with Gasteiger partial charge in [-0.3, -0.25) is 4.79 Å². The number of nitrogens with zero attached hydrogens (tertiary/aromatic N) is 1. The summed E-state index contributed by atoms with van der Waals surface area (Å²) < 4.78 is 5.30. The van der Waals surface area contributed by atoms with Gasteiger partial charge in [-0.15, -0.1) is 0 Å². The molecule has 2 saturated heterocycles. The number of rotatable bonds is 2. The molecule has 2 amide bonds. The summed E-state index contributed by atoms with van der Waals surface area (Å²) in [5, 5.41) is 2.66. The molecule has 1 aromatic rings.